The van der Waals surface area contributed by atoms with Crippen LogP contribution in [-0.2, 0) is 0 Å². The molecule has 2 heteroatoms. The summed E-state index contributed by atoms with van der Waals surface area (Å²) < 4.78 is 2.56. The van der Waals surface area contributed by atoms with Crippen LogP contribution in [-0.4, -0.2) is 26.4 Å². The van der Waals surface area contributed by atoms with Crippen LogP contribution in [0.4, 0.5) is 0 Å². The summed E-state index contributed by atoms with van der Waals surface area (Å²) in [7, 11) is 0.987. The third-order valence-corrected chi connectivity index (χ3v) is 8.31. The van der Waals surface area contributed by atoms with Crippen LogP contribution < -0.4 is 0 Å². The first-order valence-corrected chi connectivity index (χ1v) is 7.95. The average molecular weight is 199 g/mol. The molecule has 0 unspecified atom stereocenters. The van der Waals surface area contributed by atoms with Crippen molar-refractivity contribution >= 4 is 8.24 Å². The molecule has 0 fully saturated rings. The fraction of sp³-hybridized carbons (Fsp3) is 0.818. The molecule has 0 aliphatic carbocycles. The van der Waals surface area contributed by atoms with E-state index in [9.17, 15) is 0 Å². The lowest BCUT2D eigenvalue weighted by molar-refractivity contribution is 0.527. The Hall–Kier alpha value is -0.0831. The van der Waals surface area contributed by atoms with Crippen LogP contribution in [0, 0.1) is 0 Å². The summed E-state index contributed by atoms with van der Waals surface area (Å²) in [5.74, 6) is 0. The van der Waals surface area contributed by atoms with Gasteiger partial charge in [-0.3, -0.25) is 0 Å². The molecule has 0 radical (unpaired) electrons. The van der Waals surface area contributed by atoms with E-state index in [0.717, 1.165) is 6.54 Å². The standard InChI is InChI=1S/C11H25NSi/c1-6-10-13(9-4,11-7-2)12(5)8-3/h9H,4,6-8,10-11H2,1-3,5H3. The lowest BCUT2D eigenvalue weighted by Gasteiger charge is -2.36. The lowest BCUT2D eigenvalue weighted by Crippen LogP contribution is -2.49. The van der Waals surface area contributed by atoms with Crippen molar-refractivity contribution in [3.05, 3.63) is 12.3 Å². The number of nitrogens with zero attached hydrogens (tertiary/aromatic N) is 1. The summed E-state index contributed by atoms with van der Waals surface area (Å²) in [6.07, 6.45) is 2.59. The molecule has 0 N–H and O–H groups in total. The SMILES string of the molecule is C=C[Si](CCC)(CCC)N(C)CC. The van der Waals surface area contributed by atoms with E-state index in [1.807, 2.05) is 0 Å². The van der Waals surface area contributed by atoms with Crippen molar-refractivity contribution in [3.63, 3.8) is 0 Å². The molecular formula is C11H25NSi. The Labute approximate surface area is 84.9 Å². The van der Waals surface area contributed by atoms with Crippen LogP contribution in [0.15, 0.2) is 12.3 Å². The minimum Gasteiger partial charge on any atom is -0.323 e. The molecule has 0 atom stereocenters. The number of rotatable bonds is 7. The van der Waals surface area contributed by atoms with Gasteiger partial charge in [-0.2, -0.15) is 0 Å². The van der Waals surface area contributed by atoms with E-state index >= 15 is 0 Å². The maximum atomic E-state index is 4.06. The first kappa shape index (κ1) is 12.9. The molecule has 0 aliphatic heterocycles. The van der Waals surface area contributed by atoms with Gasteiger partial charge in [-0.05, 0) is 25.7 Å². The second-order valence-corrected chi connectivity index (χ2v) is 8.20. The summed E-state index contributed by atoms with van der Waals surface area (Å²) in [6.45, 7) is 12.0. The Morgan fingerprint density at radius 1 is 1.15 bits per heavy atom. The minimum atomic E-state index is -1.28. The van der Waals surface area contributed by atoms with Crippen molar-refractivity contribution in [1.29, 1.82) is 0 Å². The quantitative estimate of drug-likeness (QED) is 0.568. The maximum Gasteiger partial charge on any atom is 0.152 e. The van der Waals surface area contributed by atoms with Crippen molar-refractivity contribution in [2.75, 3.05) is 13.6 Å². The van der Waals surface area contributed by atoms with Crippen molar-refractivity contribution in [2.24, 2.45) is 0 Å². The van der Waals surface area contributed by atoms with Crippen LogP contribution in [0.25, 0.3) is 0 Å². The predicted molar refractivity (Wildman–Crippen MR) is 64.5 cm³/mol. The van der Waals surface area contributed by atoms with E-state index < -0.39 is 8.24 Å². The molecule has 0 spiro atoms. The Balaban J connectivity index is 4.51. The van der Waals surface area contributed by atoms with Gasteiger partial charge in [-0.25, -0.2) is 0 Å². The van der Waals surface area contributed by atoms with Crippen molar-refractivity contribution in [2.45, 2.75) is 45.7 Å². The Morgan fingerprint density at radius 3 is 1.85 bits per heavy atom. The Bertz CT molecular complexity index is 139. The van der Waals surface area contributed by atoms with Gasteiger partial charge in [0.05, 0.1) is 0 Å². The molecule has 13 heavy (non-hydrogen) atoms. The van der Waals surface area contributed by atoms with Gasteiger partial charge in [0.15, 0.2) is 8.24 Å². The van der Waals surface area contributed by atoms with Crippen molar-refractivity contribution in [1.82, 2.24) is 4.57 Å². The van der Waals surface area contributed by atoms with Gasteiger partial charge < -0.3 is 4.57 Å². The lowest BCUT2D eigenvalue weighted by atomic mass is 10.6. The molecule has 78 valence electrons. The van der Waals surface area contributed by atoms with E-state index in [1.165, 1.54) is 24.9 Å². The fourth-order valence-electron chi connectivity index (χ4n) is 2.05. The molecule has 0 bridgehead atoms. The summed E-state index contributed by atoms with van der Waals surface area (Å²) >= 11 is 0. The van der Waals surface area contributed by atoms with Gasteiger partial charge in [0.2, 0.25) is 0 Å². The van der Waals surface area contributed by atoms with E-state index in [0.29, 0.717) is 0 Å². The molecule has 0 aromatic heterocycles. The van der Waals surface area contributed by atoms with E-state index in [-0.39, 0.29) is 0 Å². The molecule has 0 aromatic carbocycles. The first-order valence-electron chi connectivity index (χ1n) is 5.51. The highest BCUT2D eigenvalue weighted by molar-refractivity contribution is 6.81. The zero-order valence-corrected chi connectivity index (χ0v) is 10.8. The number of hydrogen-bond donors (Lipinski definition) is 0. The summed E-state index contributed by atoms with van der Waals surface area (Å²) in [6, 6.07) is 2.74. The predicted octanol–water partition coefficient (Wildman–Crippen LogP) is 3.43. The highest BCUT2D eigenvalue weighted by Gasteiger charge is 2.31. The van der Waals surface area contributed by atoms with Gasteiger partial charge >= 0.3 is 0 Å². The van der Waals surface area contributed by atoms with Gasteiger partial charge in [-0.15, -0.1) is 6.58 Å². The van der Waals surface area contributed by atoms with Crippen LogP contribution >= 0.6 is 0 Å². The summed E-state index contributed by atoms with van der Waals surface area (Å²) in [5.41, 5.74) is 2.28. The zero-order valence-electron chi connectivity index (χ0n) is 9.77. The molecule has 0 saturated heterocycles. The minimum absolute atomic E-state index is 1.16. The average Bonchev–Trinajstić information content (AvgIpc) is 2.16. The normalized spacial score (nSPS) is 12.1. The molecule has 0 rings (SSSR count). The second-order valence-electron chi connectivity index (χ2n) is 3.82. The zero-order chi connectivity index (χ0) is 10.3. The van der Waals surface area contributed by atoms with E-state index in [1.54, 1.807) is 0 Å². The van der Waals surface area contributed by atoms with Crippen LogP contribution in [0.5, 0.6) is 0 Å². The fourth-order valence-corrected chi connectivity index (χ4v) is 6.14. The van der Waals surface area contributed by atoms with Crippen molar-refractivity contribution < 1.29 is 0 Å². The van der Waals surface area contributed by atoms with Crippen LogP contribution in [0.2, 0.25) is 12.1 Å². The molecule has 0 amide bonds. The molecule has 0 saturated carbocycles. The van der Waals surface area contributed by atoms with E-state index in [2.05, 4.69) is 44.7 Å². The van der Waals surface area contributed by atoms with Gasteiger partial charge in [-0.1, -0.05) is 39.3 Å². The van der Waals surface area contributed by atoms with E-state index in [4.69, 9.17) is 0 Å². The summed E-state index contributed by atoms with van der Waals surface area (Å²) in [4.78, 5) is 0. The molecule has 0 aliphatic rings. The molecule has 0 aromatic rings. The molecule has 0 heterocycles. The molecular weight excluding hydrogens is 174 g/mol. The monoisotopic (exact) mass is 199 g/mol. The van der Waals surface area contributed by atoms with Crippen LogP contribution in [0.3, 0.4) is 0 Å². The van der Waals surface area contributed by atoms with Gasteiger partial charge in [0.25, 0.3) is 0 Å². The summed E-state index contributed by atoms with van der Waals surface area (Å²) in [5, 5.41) is 0. The third-order valence-electron chi connectivity index (χ3n) is 2.98. The topological polar surface area (TPSA) is 3.24 Å². The first-order chi connectivity index (χ1) is 6.16. The molecule has 1 nitrogen and oxygen atoms in total. The Morgan fingerprint density at radius 2 is 1.62 bits per heavy atom. The largest absolute Gasteiger partial charge is 0.323 e. The maximum absolute atomic E-state index is 4.06. The van der Waals surface area contributed by atoms with Gasteiger partial charge in [0.1, 0.15) is 0 Å². The van der Waals surface area contributed by atoms with Gasteiger partial charge in [0, 0.05) is 0 Å². The highest BCUT2D eigenvalue weighted by Crippen LogP contribution is 2.23. The second kappa shape index (κ2) is 6.38. The Kier molecular flexibility index (Phi) is 6.34. The van der Waals surface area contributed by atoms with Crippen LogP contribution in [0.1, 0.15) is 33.6 Å². The third kappa shape index (κ3) is 3.28. The smallest absolute Gasteiger partial charge is 0.152 e. The van der Waals surface area contributed by atoms with Crippen molar-refractivity contribution in [3.8, 4) is 0 Å². The number of hydrogen-bond acceptors (Lipinski definition) is 1. The highest BCUT2D eigenvalue weighted by atomic mass is 28.3.